The number of hydrogen-bond acceptors (Lipinski definition) is 6. The van der Waals surface area contributed by atoms with Gasteiger partial charge in [-0.15, -0.1) is 13.2 Å². The number of rotatable bonds is 14. The van der Waals surface area contributed by atoms with E-state index in [1.165, 1.54) is 4.90 Å². The van der Waals surface area contributed by atoms with Crippen LogP contribution in [0.4, 0.5) is 0 Å². The largest absolute Gasteiger partial charge is 0.465 e. The fraction of sp³-hybridized carbons (Fsp3) is 0.567. The molecule has 2 amide bonds. The van der Waals surface area contributed by atoms with Gasteiger partial charge >= 0.3 is 5.97 Å². The number of ether oxygens (including phenoxy) is 2. The van der Waals surface area contributed by atoms with Crippen molar-refractivity contribution in [1.82, 2.24) is 9.80 Å². The van der Waals surface area contributed by atoms with E-state index in [0.29, 0.717) is 37.9 Å². The number of amides is 2. The Morgan fingerprint density at radius 2 is 2.03 bits per heavy atom. The van der Waals surface area contributed by atoms with Crippen LogP contribution >= 0.6 is 15.9 Å². The lowest BCUT2D eigenvalue weighted by atomic mass is 9.70. The number of hydrogen-bond donors (Lipinski definition) is 1. The zero-order valence-electron chi connectivity index (χ0n) is 22.5. The van der Waals surface area contributed by atoms with E-state index in [1.807, 2.05) is 30.3 Å². The molecule has 7 atom stereocenters. The number of fused-ring (bicyclic) bond motifs is 1. The van der Waals surface area contributed by atoms with Crippen molar-refractivity contribution >= 4 is 33.7 Å². The Morgan fingerprint density at radius 1 is 1.28 bits per heavy atom. The second kappa shape index (κ2) is 12.8. The average Bonchev–Trinajstić information content (AvgIpc) is 3.53. The number of aliphatic hydroxyl groups excluding tert-OH is 1. The molecule has 3 saturated heterocycles. The summed E-state index contributed by atoms with van der Waals surface area (Å²) in [6.45, 7) is 10.2. The first kappa shape index (κ1) is 29.5. The minimum absolute atomic E-state index is 0.217. The van der Waals surface area contributed by atoms with Crippen LogP contribution in [0.15, 0.2) is 55.6 Å². The molecule has 8 nitrogen and oxygen atoms in total. The van der Waals surface area contributed by atoms with Crippen molar-refractivity contribution in [2.75, 3.05) is 26.3 Å². The number of aliphatic hydroxyl groups is 1. The summed E-state index contributed by atoms with van der Waals surface area (Å²) in [7, 11) is 0. The summed E-state index contributed by atoms with van der Waals surface area (Å²) in [6, 6.07) is 7.40. The molecule has 0 radical (unpaired) electrons. The number of esters is 1. The van der Waals surface area contributed by atoms with Gasteiger partial charge in [-0.3, -0.25) is 14.4 Å². The van der Waals surface area contributed by atoms with Gasteiger partial charge in [-0.05, 0) is 31.2 Å². The molecule has 1 aromatic carbocycles. The van der Waals surface area contributed by atoms with Crippen LogP contribution in [0.25, 0.3) is 0 Å². The Bertz CT molecular complexity index is 1070. The Labute approximate surface area is 239 Å². The molecule has 2 bridgehead atoms. The highest BCUT2D eigenvalue weighted by molar-refractivity contribution is 9.09. The summed E-state index contributed by atoms with van der Waals surface area (Å²) in [5.41, 5.74) is -0.508. The fourth-order valence-corrected chi connectivity index (χ4v) is 7.39. The summed E-state index contributed by atoms with van der Waals surface area (Å²) in [5.74, 6) is -2.84. The normalized spacial score (nSPS) is 29.7. The van der Waals surface area contributed by atoms with Crippen LogP contribution in [0, 0.1) is 11.8 Å². The van der Waals surface area contributed by atoms with Crippen molar-refractivity contribution in [3.63, 3.8) is 0 Å². The molecule has 1 aromatic rings. The first-order valence-corrected chi connectivity index (χ1v) is 14.7. The van der Waals surface area contributed by atoms with Crippen molar-refractivity contribution in [3.8, 4) is 0 Å². The number of carbonyl (C=O) groups is 3. The fourth-order valence-electron chi connectivity index (χ4n) is 6.45. The van der Waals surface area contributed by atoms with Gasteiger partial charge < -0.3 is 24.4 Å². The lowest BCUT2D eigenvalue weighted by Crippen LogP contribution is -2.57. The number of benzene rings is 1. The van der Waals surface area contributed by atoms with Gasteiger partial charge in [0.2, 0.25) is 11.8 Å². The smallest absolute Gasteiger partial charge is 0.312 e. The number of carbonyl (C=O) groups excluding carboxylic acids is 3. The van der Waals surface area contributed by atoms with Crippen LogP contribution < -0.4 is 0 Å². The van der Waals surface area contributed by atoms with Gasteiger partial charge in [-0.1, -0.05) is 71.8 Å². The minimum Gasteiger partial charge on any atom is -0.465 e. The maximum Gasteiger partial charge on any atom is 0.312 e. The molecule has 39 heavy (non-hydrogen) atoms. The number of unbranched alkanes of at least 4 members (excludes halogenated alkanes) is 2. The molecule has 3 aliphatic heterocycles. The summed E-state index contributed by atoms with van der Waals surface area (Å²) in [4.78, 5) is 45.1. The van der Waals surface area contributed by atoms with Gasteiger partial charge in [0.15, 0.2) is 0 Å². The first-order chi connectivity index (χ1) is 18.9. The predicted molar refractivity (Wildman–Crippen MR) is 151 cm³/mol. The zero-order valence-corrected chi connectivity index (χ0v) is 24.1. The van der Waals surface area contributed by atoms with Gasteiger partial charge in [0, 0.05) is 17.9 Å². The third kappa shape index (κ3) is 5.33. The van der Waals surface area contributed by atoms with Crippen molar-refractivity contribution in [1.29, 1.82) is 0 Å². The molecule has 3 heterocycles. The molecular weight excluding hydrogens is 564 g/mol. The summed E-state index contributed by atoms with van der Waals surface area (Å²) >= 11 is 3.69. The van der Waals surface area contributed by atoms with E-state index >= 15 is 0 Å². The Morgan fingerprint density at radius 3 is 2.67 bits per heavy atom. The Kier molecular flexibility index (Phi) is 9.67. The molecule has 4 rings (SSSR count). The molecule has 9 heteroatoms. The predicted octanol–water partition coefficient (Wildman–Crippen LogP) is 3.79. The van der Waals surface area contributed by atoms with E-state index in [2.05, 4.69) is 36.0 Å². The summed E-state index contributed by atoms with van der Waals surface area (Å²) in [5, 5.41) is 10.6. The molecule has 1 N–H and O–H groups in total. The van der Waals surface area contributed by atoms with Crippen molar-refractivity contribution in [2.24, 2.45) is 11.8 Å². The standard InChI is InChI=1S/C30H39BrN2O6/c1-4-7-12-17-38-29(37)23-24-27(35)33(22(19-34)20-13-10-9-11-14-20)26(30(24)18-21(31)25(23)39-30)28(36)32(15-6-3)16-8-5-2/h4,6,9-11,13-14,21-26,34H,1,3,5,7-8,12,15-19H2,2H3/t21?,22-,23-,24+,25-,26?,30?/m1/s1. The van der Waals surface area contributed by atoms with E-state index in [1.54, 1.807) is 17.1 Å². The van der Waals surface area contributed by atoms with E-state index in [9.17, 15) is 19.5 Å². The van der Waals surface area contributed by atoms with E-state index in [-0.39, 0.29) is 29.9 Å². The van der Waals surface area contributed by atoms with Crippen LogP contribution in [0.5, 0.6) is 0 Å². The van der Waals surface area contributed by atoms with Gasteiger partial charge in [0.1, 0.15) is 11.6 Å². The topological polar surface area (TPSA) is 96.4 Å². The molecule has 3 aliphatic rings. The maximum atomic E-state index is 14.4. The van der Waals surface area contributed by atoms with Crippen molar-refractivity contribution in [3.05, 3.63) is 61.2 Å². The van der Waals surface area contributed by atoms with Gasteiger partial charge in [-0.25, -0.2) is 0 Å². The van der Waals surface area contributed by atoms with Crippen molar-refractivity contribution < 1.29 is 29.0 Å². The third-order valence-corrected chi connectivity index (χ3v) is 9.01. The second-order valence-electron chi connectivity index (χ2n) is 10.5. The van der Waals surface area contributed by atoms with E-state index in [4.69, 9.17) is 9.47 Å². The lowest BCUT2D eigenvalue weighted by Gasteiger charge is -2.39. The zero-order chi connectivity index (χ0) is 28.2. The third-order valence-electron chi connectivity index (χ3n) is 8.17. The van der Waals surface area contributed by atoms with Crippen LogP contribution in [0.1, 0.15) is 50.6 Å². The molecule has 3 fully saturated rings. The van der Waals surface area contributed by atoms with Gasteiger partial charge in [-0.2, -0.15) is 0 Å². The number of allylic oxidation sites excluding steroid dienone is 1. The molecule has 212 valence electrons. The highest BCUT2D eigenvalue weighted by atomic mass is 79.9. The SMILES string of the molecule is C=CCCCOC(=O)[C@H]1[C@@H]2OC3(CC2Br)C(C(=O)N(CC=C)CCCC)N([C@H](CO)c2ccccc2)C(=O)[C@H]13. The highest BCUT2D eigenvalue weighted by Crippen LogP contribution is 2.61. The number of alkyl halides is 1. The Balaban J connectivity index is 1.77. The second-order valence-corrected chi connectivity index (χ2v) is 11.7. The maximum absolute atomic E-state index is 14.4. The number of nitrogens with zero attached hydrogens (tertiary/aromatic N) is 2. The average molecular weight is 604 g/mol. The molecule has 1 spiro atoms. The van der Waals surface area contributed by atoms with Crippen LogP contribution in [-0.4, -0.2) is 81.6 Å². The highest BCUT2D eigenvalue weighted by Gasteiger charge is 2.77. The number of halogens is 1. The summed E-state index contributed by atoms with van der Waals surface area (Å²) in [6.07, 6.45) is 6.28. The molecular formula is C30H39BrN2O6. The van der Waals surface area contributed by atoms with Crippen LogP contribution in [0.3, 0.4) is 0 Å². The quantitative estimate of drug-likeness (QED) is 0.151. The van der Waals surface area contributed by atoms with Crippen molar-refractivity contribution in [2.45, 2.75) is 67.6 Å². The Hall–Kier alpha value is -2.49. The molecule has 0 saturated carbocycles. The first-order valence-electron chi connectivity index (χ1n) is 13.8. The minimum atomic E-state index is -1.22. The van der Waals surface area contributed by atoms with E-state index < -0.39 is 41.6 Å². The van der Waals surface area contributed by atoms with Crippen LogP contribution in [0.2, 0.25) is 0 Å². The van der Waals surface area contributed by atoms with Gasteiger partial charge in [0.25, 0.3) is 0 Å². The molecule has 3 unspecified atom stereocenters. The van der Waals surface area contributed by atoms with E-state index in [0.717, 1.165) is 12.8 Å². The van der Waals surface area contributed by atoms with Crippen LogP contribution in [-0.2, 0) is 23.9 Å². The van der Waals surface area contributed by atoms with Gasteiger partial charge in [0.05, 0.1) is 37.2 Å². The number of likely N-dealkylation sites (tertiary alicyclic amines) is 1. The molecule has 0 aromatic heterocycles. The summed E-state index contributed by atoms with van der Waals surface area (Å²) < 4.78 is 12.2. The lowest BCUT2D eigenvalue weighted by molar-refractivity contribution is -0.156. The monoisotopic (exact) mass is 602 g/mol. The molecule has 0 aliphatic carbocycles.